The summed E-state index contributed by atoms with van der Waals surface area (Å²) >= 11 is 0. The van der Waals surface area contributed by atoms with Crippen LogP contribution in [0.3, 0.4) is 0 Å². The van der Waals surface area contributed by atoms with Crippen LogP contribution in [-0.4, -0.2) is 13.7 Å². The fourth-order valence-corrected chi connectivity index (χ4v) is 8.77. The summed E-state index contributed by atoms with van der Waals surface area (Å²) in [5, 5.41) is 27.2. The van der Waals surface area contributed by atoms with E-state index in [9.17, 15) is 10.5 Å². The second kappa shape index (κ2) is 11.8. The quantitative estimate of drug-likeness (QED) is 0.184. The normalized spacial score (nSPS) is 11.6. The molecule has 254 valence electrons. The van der Waals surface area contributed by atoms with Gasteiger partial charge in [0, 0.05) is 38.0 Å². The summed E-state index contributed by atoms with van der Waals surface area (Å²) in [6.07, 6.45) is 0. The molecular weight excluding hydrogens is 671 g/mol. The number of hydrogen-bond donors (Lipinski definition) is 0. The Bertz CT molecular complexity index is 3420. The van der Waals surface area contributed by atoms with Crippen molar-refractivity contribution < 1.29 is 0 Å². The maximum absolute atomic E-state index is 10.8. The van der Waals surface area contributed by atoms with E-state index in [0.717, 1.165) is 82.8 Å². The largest absolute Gasteiger partial charge is 0.309 e. The molecule has 0 amide bonds. The lowest BCUT2D eigenvalue weighted by molar-refractivity contribution is 1.16. The van der Waals surface area contributed by atoms with E-state index in [0.29, 0.717) is 11.1 Å². The summed E-state index contributed by atoms with van der Waals surface area (Å²) in [4.78, 5) is 0. The monoisotopic (exact) mass is 699 g/mol. The average Bonchev–Trinajstić information content (AvgIpc) is 3.89. The SMILES string of the molecule is N#Cc1ccc2c(c1)c1ccccc1n2-c1cccc(-c2ccc(-n3c4ccccc4c4c(-n5c6ccccc6c6ccccc65)cccc43)c(C#N)c2)c1. The van der Waals surface area contributed by atoms with Gasteiger partial charge in [-0.25, -0.2) is 0 Å². The molecule has 8 aromatic carbocycles. The molecule has 0 fully saturated rings. The summed E-state index contributed by atoms with van der Waals surface area (Å²) in [6.45, 7) is 0. The van der Waals surface area contributed by atoms with Gasteiger partial charge in [-0.3, -0.25) is 0 Å². The number of benzene rings is 8. The lowest BCUT2D eigenvalue weighted by Crippen LogP contribution is -1.99. The number of rotatable bonds is 4. The van der Waals surface area contributed by atoms with E-state index in [4.69, 9.17) is 0 Å². The van der Waals surface area contributed by atoms with E-state index in [2.05, 4.69) is 165 Å². The van der Waals surface area contributed by atoms with Crippen molar-refractivity contribution in [1.82, 2.24) is 13.7 Å². The van der Waals surface area contributed by atoms with Gasteiger partial charge in [-0.2, -0.15) is 10.5 Å². The highest BCUT2D eigenvalue weighted by Gasteiger charge is 2.21. The highest BCUT2D eigenvalue weighted by atomic mass is 15.0. The van der Waals surface area contributed by atoms with Crippen LogP contribution in [-0.2, 0) is 0 Å². The molecule has 0 aliphatic rings. The molecule has 0 radical (unpaired) electrons. The zero-order valence-electron chi connectivity index (χ0n) is 29.5. The number of fused-ring (bicyclic) bond motifs is 9. The van der Waals surface area contributed by atoms with Gasteiger partial charge in [0.1, 0.15) is 6.07 Å². The first kappa shape index (κ1) is 30.7. The maximum Gasteiger partial charge on any atom is 0.101 e. The van der Waals surface area contributed by atoms with Gasteiger partial charge in [-0.05, 0) is 90.0 Å². The lowest BCUT2D eigenvalue weighted by Gasteiger charge is -2.14. The Morgan fingerprint density at radius 1 is 0.345 bits per heavy atom. The molecule has 0 aliphatic carbocycles. The Balaban J connectivity index is 1.09. The van der Waals surface area contributed by atoms with E-state index < -0.39 is 0 Å². The number of hydrogen-bond acceptors (Lipinski definition) is 2. The molecule has 0 atom stereocenters. The maximum atomic E-state index is 10.8. The van der Waals surface area contributed by atoms with Gasteiger partial charge in [0.2, 0.25) is 0 Å². The van der Waals surface area contributed by atoms with Crippen molar-refractivity contribution in [2.24, 2.45) is 0 Å². The van der Waals surface area contributed by atoms with Gasteiger partial charge >= 0.3 is 0 Å². The van der Waals surface area contributed by atoms with Gasteiger partial charge in [0.25, 0.3) is 0 Å². The first-order chi connectivity index (χ1) is 27.2. The molecule has 0 N–H and O–H groups in total. The van der Waals surface area contributed by atoms with E-state index in [1.165, 1.54) is 10.8 Å². The third-order valence-corrected chi connectivity index (χ3v) is 11.1. The summed E-state index contributed by atoms with van der Waals surface area (Å²) < 4.78 is 6.88. The van der Waals surface area contributed by atoms with Gasteiger partial charge in [0.05, 0.1) is 61.7 Å². The molecule has 0 bridgehead atoms. The van der Waals surface area contributed by atoms with E-state index in [1.54, 1.807) is 0 Å². The zero-order valence-corrected chi connectivity index (χ0v) is 29.5. The summed E-state index contributed by atoms with van der Waals surface area (Å²) in [6, 6.07) is 65.9. The van der Waals surface area contributed by atoms with Crippen LogP contribution in [0.1, 0.15) is 11.1 Å². The van der Waals surface area contributed by atoms with Crippen molar-refractivity contribution in [3.63, 3.8) is 0 Å². The molecule has 0 saturated carbocycles. The Hall–Kier alpha value is -7.86. The van der Waals surface area contributed by atoms with Crippen LogP contribution in [0.2, 0.25) is 0 Å². The molecule has 11 rings (SSSR count). The van der Waals surface area contributed by atoms with Gasteiger partial charge in [-0.1, -0.05) is 97.1 Å². The van der Waals surface area contributed by atoms with Gasteiger partial charge in [-0.15, -0.1) is 0 Å². The van der Waals surface area contributed by atoms with Crippen LogP contribution < -0.4 is 0 Å². The second-order valence-corrected chi connectivity index (χ2v) is 14.0. The summed E-state index contributed by atoms with van der Waals surface area (Å²) in [5.74, 6) is 0. The van der Waals surface area contributed by atoms with Gasteiger partial charge < -0.3 is 13.7 Å². The van der Waals surface area contributed by atoms with Crippen molar-refractivity contribution in [2.75, 3.05) is 0 Å². The minimum Gasteiger partial charge on any atom is -0.309 e. The zero-order chi connectivity index (χ0) is 36.6. The first-order valence-electron chi connectivity index (χ1n) is 18.3. The number of aromatic nitrogens is 3. The predicted molar refractivity (Wildman–Crippen MR) is 224 cm³/mol. The molecule has 3 aromatic heterocycles. The van der Waals surface area contributed by atoms with E-state index in [-0.39, 0.29) is 0 Å². The van der Waals surface area contributed by atoms with Crippen molar-refractivity contribution >= 4 is 65.4 Å². The van der Waals surface area contributed by atoms with Gasteiger partial charge in [0.15, 0.2) is 0 Å². The third-order valence-electron chi connectivity index (χ3n) is 11.1. The highest BCUT2D eigenvalue weighted by molar-refractivity contribution is 6.16. The highest BCUT2D eigenvalue weighted by Crippen LogP contribution is 2.41. The average molecular weight is 700 g/mol. The Morgan fingerprint density at radius 2 is 0.891 bits per heavy atom. The van der Waals surface area contributed by atoms with Crippen molar-refractivity contribution in [3.05, 3.63) is 187 Å². The second-order valence-electron chi connectivity index (χ2n) is 14.0. The summed E-state index contributed by atoms with van der Waals surface area (Å²) in [5.41, 5.74) is 12.7. The summed E-state index contributed by atoms with van der Waals surface area (Å²) in [7, 11) is 0. The lowest BCUT2D eigenvalue weighted by atomic mass is 10.0. The number of nitriles is 2. The Labute approximate surface area is 316 Å². The molecule has 55 heavy (non-hydrogen) atoms. The topological polar surface area (TPSA) is 62.4 Å². The molecular formula is C50H29N5. The van der Waals surface area contributed by atoms with Crippen LogP contribution in [0.5, 0.6) is 0 Å². The Kier molecular flexibility index (Phi) is 6.61. The van der Waals surface area contributed by atoms with Crippen LogP contribution in [0, 0.1) is 22.7 Å². The van der Waals surface area contributed by atoms with Crippen LogP contribution >= 0.6 is 0 Å². The minimum atomic E-state index is 0.591. The fraction of sp³-hybridized carbons (Fsp3) is 0. The van der Waals surface area contributed by atoms with Crippen molar-refractivity contribution in [2.45, 2.75) is 0 Å². The van der Waals surface area contributed by atoms with E-state index in [1.807, 2.05) is 36.4 Å². The molecule has 5 heteroatoms. The Morgan fingerprint density at radius 3 is 1.58 bits per heavy atom. The van der Waals surface area contributed by atoms with Crippen LogP contribution in [0.15, 0.2) is 176 Å². The van der Waals surface area contributed by atoms with Crippen LogP contribution in [0.25, 0.3) is 93.6 Å². The van der Waals surface area contributed by atoms with Crippen LogP contribution in [0.4, 0.5) is 0 Å². The number of para-hydroxylation sites is 4. The smallest absolute Gasteiger partial charge is 0.101 e. The molecule has 0 unspecified atom stereocenters. The predicted octanol–water partition coefficient (Wildman–Crippen LogP) is 12.4. The number of nitrogens with zero attached hydrogens (tertiary/aromatic N) is 5. The third kappa shape index (κ3) is 4.45. The molecule has 3 heterocycles. The fourth-order valence-electron chi connectivity index (χ4n) is 8.77. The van der Waals surface area contributed by atoms with E-state index >= 15 is 0 Å². The molecule has 11 aromatic rings. The minimum absolute atomic E-state index is 0.591. The standard InChI is InChI=1S/C50H29N5/c51-30-32-23-25-47-41(27-32)39-15-3-5-17-43(39)53(47)36-12-9-11-33(29-36)34-24-26-42(35(28-34)31-52)54-46-20-8-4-16-40(46)50-48(54)21-10-22-49(50)55-44-18-6-1-13-37(44)38-14-2-7-19-45(38)55/h1-29H. The molecule has 0 spiro atoms. The first-order valence-corrected chi connectivity index (χ1v) is 18.3. The molecule has 0 aliphatic heterocycles. The molecule has 0 saturated heterocycles. The molecule has 5 nitrogen and oxygen atoms in total. The van der Waals surface area contributed by atoms with Crippen molar-refractivity contribution in [3.8, 4) is 40.3 Å². The van der Waals surface area contributed by atoms with Crippen molar-refractivity contribution in [1.29, 1.82) is 10.5 Å².